The van der Waals surface area contributed by atoms with Crippen molar-refractivity contribution in [3.8, 4) is 0 Å². The van der Waals surface area contributed by atoms with Crippen LogP contribution in [0, 0.1) is 0 Å². The number of esters is 3. The van der Waals surface area contributed by atoms with Crippen LogP contribution in [0.15, 0.2) is 122 Å². The highest BCUT2D eigenvalue weighted by molar-refractivity contribution is 5.71. The summed E-state index contributed by atoms with van der Waals surface area (Å²) >= 11 is 0. The van der Waals surface area contributed by atoms with E-state index in [0.29, 0.717) is 19.3 Å². The third-order valence-corrected chi connectivity index (χ3v) is 15.0. The van der Waals surface area contributed by atoms with E-state index in [-0.39, 0.29) is 31.1 Å². The molecule has 0 rings (SSSR count). The Labute approximate surface area is 513 Å². The molecule has 83 heavy (non-hydrogen) atoms. The minimum absolute atomic E-state index is 0.0815. The van der Waals surface area contributed by atoms with Gasteiger partial charge in [-0.05, 0) is 116 Å². The molecule has 1 atom stereocenters. The topological polar surface area (TPSA) is 78.9 Å². The summed E-state index contributed by atoms with van der Waals surface area (Å²) in [6.45, 7) is 6.46. The van der Waals surface area contributed by atoms with Gasteiger partial charge >= 0.3 is 17.9 Å². The third kappa shape index (κ3) is 68.5. The van der Waals surface area contributed by atoms with E-state index in [1.807, 2.05) is 0 Å². The van der Waals surface area contributed by atoms with E-state index >= 15 is 0 Å². The van der Waals surface area contributed by atoms with Gasteiger partial charge in [-0.1, -0.05) is 316 Å². The van der Waals surface area contributed by atoms with Crippen LogP contribution in [0.3, 0.4) is 0 Å². The van der Waals surface area contributed by atoms with Gasteiger partial charge in [-0.3, -0.25) is 14.4 Å². The predicted octanol–water partition coefficient (Wildman–Crippen LogP) is 24.3. The lowest BCUT2D eigenvalue weighted by atomic mass is 10.0. The van der Waals surface area contributed by atoms with Crippen LogP contribution in [-0.4, -0.2) is 37.2 Å². The SMILES string of the molecule is CC/C=C\C/C=C\C/C=C\C/C=C\C/C=C\C/C=C\C/C=C\C/C=C\C/C=C\CCCCCCCCCC(=O)OCC(COC(=O)CCCCCCC)OC(=O)CCCCCCCCCCCCCCC/C=C\CCCCCCCCCC. The molecule has 0 aromatic carbocycles. The first kappa shape index (κ1) is 78.8. The predicted molar refractivity (Wildman–Crippen MR) is 362 cm³/mol. The van der Waals surface area contributed by atoms with Crippen molar-refractivity contribution >= 4 is 17.9 Å². The summed E-state index contributed by atoms with van der Waals surface area (Å²) < 4.78 is 16.8. The lowest BCUT2D eigenvalue weighted by Crippen LogP contribution is -2.30. The van der Waals surface area contributed by atoms with Gasteiger partial charge in [0.25, 0.3) is 0 Å². The first-order valence-electron chi connectivity index (χ1n) is 35.0. The molecule has 0 radical (unpaired) electrons. The maximum Gasteiger partial charge on any atom is 0.306 e. The van der Waals surface area contributed by atoms with Gasteiger partial charge in [0.15, 0.2) is 6.10 Å². The Morgan fingerprint density at radius 2 is 0.470 bits per heavy atom. The fourth-order valence-corrected chi connectivity index (χ4v) is 9.73. The van der Waals surface area contributed by atoms with Gasteiger partial charge < -0.3 is 14.2 Å². The van der Waals surface area contributed by atoms with Gasteiger partial charge in [0.2, 0.25) is 0 Å². The van der Waals surface area contributed by atoms with Crippen molar-refractivity contribution in [2.45, 2.75) is 335 Å². The molecule has 0 aliphatic carbocycles. The third-order valence-electron chi connectivity index (χ3n) is 15.0. The molecule has 0 heterocycles. The number of allylic oxidation sites excluding steroid dienone is 20. The molecule has 1 unspecified atom stereocenters. The fourth-order valence-electron chi connectivity index (χ4n) is 9.73. The number of hydrogen-bond donors (Lipinski definition) is 0. The standard InChI is InChI=1S/C77H130O6/c1-4-7-10-13-15-17-19-21-23-25-27-29-31-33-34-35-36-37-38-39-40-41-42-44-45-47-49-51-53-55-57-59-61-64-67-70-76(79)82-73-74(72-81-75(78)69-66-63-12-9-6-3)83-77(80)71-68-65-62-60-58-56-54-52-50-48-46-43-32-30-28-26-24-22-20-18-16-14-11-8-5-2/h7,10,15,17,21,23,26-29,33-34,36-37,39-40,42,44,47,49,74H,4-6,8-9,11-14,16,18-20,22,24-25,30-32,35,38,41,43,45-46,48,50-73H2,1-3H3/b10-7-,17-15-,23-21-,28-26-,29-27-,34-33-,37-36-,40-39-,44-42-,49-47-. The van der Waals surface area contributed by atoms with Crippen molar-refractivity contribution < 1.29 is 28.6 Å². The number of unbranched alkanes of at least 4 members (excludes halogenated alkanes) is 32. The second-order valence-corrected chi connectivity index (χ2v) is 23.1. The van der Waals surface area contributed by atoms with E-state index in [4.69, 9.17) is 14.2 Å². The summed E-state index contributed by atoms with van der Waals surface area (Å²) in [5, 5.41) is 0. The maximum atomic E-state index is 12.9. The van der Waals surface area contributed by atoms with Gasteiger partial charge in [-0.25, -0.2) is 0 Å². The summed E-state index contributed by atoms with van der Waals surface area (Å²) in [7, 11) is 0. The molecule has 0 aromatic rings. The largest absolute Gasteiger partial charge is 0.462 e. The Hall–Kier alpha value is -4.19. The minimum atomic E-state index is -0.781. The van der Waals surface area contributed by atoms with Gasteiger partial charge in [0.1, 0.15) is 13.2 Å². The van der Waals surface area contributed by atoms with Crippen LogP contribution in [0.5, 0.6) is 0 Å². The second kappa shape index (κ2) is 70.3. The molecule has 0 spiro atoms. The monoisotopic (exact) mass is 1150 g/mol. The Bertz CT molecular complexity index is 1700. The maximum absolute atomic E-state index is 12.9. The molecule has 0 fully saturated rings. The van der Waals surface area contributed by atoms with Crippen LogP contribution in [0.1, 0.15) is 329 Å². The zero-order valence-corrected chi connectivity index (χ0v) is 54.4. The van der Waals surface area contributed by atoms with Crippen molar-refractivity contribution in [1.82, 2.24) is 0 Å². The molecular weight excluding hydrogens is 1020 g/mol. The molecule has 0 N–H and O–H groups in total. The molecule has 0 bridgehead atoms. The molecule has 0 saturated heterocycles. The Balaban J connectivity index is 4.05. The molecule has 0 aliphatic rings. The smallest absolute Gasteiger partial charge is 0.306 e. The summed E-state index contributed by atoms with van der Waals surface area (Å²) in [5.41, 5.74) is 0. The highest BCUT2D eigenvalue weighted by Gasteiger charge is 2.19. The number of carbonyl (C=O) groups excluding carboxylic acids is 3. The van der Waals surface area contributed by atoms with E-state index in [0.717, 1.165) is 128 Å². The van der Waals surface area contributed by atoms with Crippen LogP contribution in [0.2, 0.25) is 0 Å². The first-order chi connectivity index (χ1) is 41.0. The molecule has 0 amide bonds. The van der Waals surface area contributed by atoms with E-state index in [1.54, 1.807) is 0 Å². The van der Waals surface area contributed by atoms with Crippen LogP contribution in [0.25, 0.3) is 0 Å². The Kier molecular flexibility index (Phi) is 66.7. The average Bonchev–Trinajstić information content (AvgIpc) is 3.49. The van der Waals surface area contributed by atoms with Gasteiger partial charge in [-0.2, -0.15) is 0 Å². The van der Waals surface area contributed by atoms with Crippen molar-refractivity contribution in [2.24, 2.45) is 0 Å². The normalized spacial score (nSPS) is 12.9. The summed E-state index contributed by atoms with van der Waals surface area (Å²) in [6, 6.07) is 0. The number of rotatable bonds is 63. The molecule has 0 aromatic heterocycles. The Morgan fingerprint density at radius 3 is 0.747 bits per heavy atom. The minimum Gasteiger partial charge on any atom is -0.462 e. The average molecular weight is 1150 g/mol. The van der Waals surface area contributed by atoms with Crippen molar-refractivity contribution in [2.75, 3.05) is 13.2 Å². The molecule has 0 saturated carbocycles. The molecule has 6 heteroatoms. The van der Waals surface area contributed by atoms with Crippen LogP contribution >= 0.6 is 0 Å². The van der Waals surface area contributed by atoms with Crippen LogP contribution in [0.4, 0.5) is 0 Å². The van der Waals surface area contributed by atoms with Gasteiger partial charge in [0.05, 0.1) is 0 Å². The highest BCUT2D eigenvalue weighted by Crippen LogP contribution is 2.17. The van der Waals surface area contributed by atoms with E-state index in [9.17, 15) is 14.4 Å². The molecular formula is C77H130O6. The Morgan fingerprint density at radius 1 is 0.253 bits per heavy atom. The summed E-state index contributed by atoms with van der Waals surface area (Å²) in [5.74, 6) is -0.899. The number of carbonyl (C=O) groups is 3. The van der Waals surface area contributed by atoms with Gasteiger partial charge in [-0.15, -0.1) is 0 Å². The van der Waals surface area contributed by atoms with E-state index < -0.39 is 6.10 Å². The quantitative estimate of drug-likeness (QED) is 0.0261. The van der Waals surface area contributed by atoms with Crippen LogP contribution < -0.4 is 0 Å². The first-order valence-corrected chi connectivity index (χ1v) is 35.0. The molecule has 6 nitrogen and oxygen atoms in total. The zero-order valence-electron chi connectivity index (χ0n) is 54.4. The summed E-state index contributed by atoms with van der Waals surface area (Å²) in [4.78, 5) is 38.0. The van der Waals surface area contributed by atoms with Crippen LogP contribution in [-0.2, 0) is 28.6 Å². The number of hydrogen-bond acceptors (Lipinski definition) is 6. The molecule has 474 valence electrons. The van der Waals surface area contributed by atoms with E-state index in [1.165, 1.54) is 161 Å². The van der Waals surface area contributed by atoms with E-state index in [2.05, 4.69) is 142 Å². The highest BCUT2D eigenvalue weighted by atomic mass is 16.6. The lowest BCUT2D eigenvalue weighted by Gasteiger charge is -2.18. The van der Waals surface area contributed by atoms with Gasteiger partial charge in [0, 0.05) is 19.3 Å². The zero-order chi connectivity index (χ0) is 59.9. The van der Waals surface area contributed by atoms with Crippen molar-refractivity contribution in [1.29, 1.82) is 0 Å². The fraction of sp³-hybridized carbons (Fsp3) is 0.701. The number of ether oxygens (including phenoxy) is 3. The molecule has 0 aliphatic heterocycles. The summed E-state index contributed by atoms with van der Waals surface area (Å²) in [6.07, 6.45) is 98.5. The second-order valence-electron chi connectivity index (χ2n) is 23.1. The van der Waals surface area contributed by atoms with Crippen molar-refractivity contribution in [3.05, 3.63) is 122 Å². The lowest BCUT2D eigenvalue weighted by molar-refractivity contribution is -0.167. The van der Waals surface area contributed by atoms with Crippen molar-refractivity contribution in [3.63, 3.8) is 0 Å².